The largest absolute Gasteiger partial charge is 0.481 e. The predicted molar refractivity (Wildman–Crippen MR) is 80.9 cm³/mol. The van der Waals surface area contributed by atoms with Crippen LogP contribution in [0.25, 0.3) is 0 Å². The normalized spacial score (nSPS) is 18.3. The summed E-state index contributed by atoms with van der Waals surface area (Å²) in [7, 11) is 3.47. The van der Waals surface area contributed by atoms with Crippen molar-refractivity contribution in [2.24, 2.45) is 7.05 Å². The lowest BCUT2D eigenvalue weighted by molar-refractivity contribution is 0.396. The summed E-state index contributed by atoms with van der Waals surface area (Å²) in [5.74, 6) is 1.25. The number of methoxy groups -OCH3 is 1. The smallest absolute Gasteiger partial charge is 0.229 e. The summed E-state index contributed by atoms with van der Waals surface area (Å²) < 4.78 is 6.90. The van der Waals surface area contributed by atoms with Crippen LogP contribution in [-0.2, 0) is 7.05 Å². The van der Waals surface area contributed by atoms with Crippen molar-refractivity contribution in [1.29, 1.82) is 0 Å². The third-order valence-corrected chi connectivity index (χ3v) is 4.31. The Morgan fingerprint density at radius 1 is 1.43 bits per heavy atom. The van der Waals surface area contributed by atoms with Crippen LogP contribution in [0.3, 0.4) is 0 Å². The van der Waals surface area contributed by atoms with Crippen LogP contribution in [0.1, 0.15) is 30.1 Å². The molecule has 6 nitrogen and oxygen atoms in total. The minimum atomic E-state index is 0.165. The Labute approximate surface area is 128 Å². The first-order chi connectivity index (χ1) is 10.1. The van der Waals surface area contributed by atoms with Crippen LogP contribution in [0.2, 0.25) is 5.15 Å². The first-order valence-corrected chi connectivity index (χ1v) is 7.32. The molecular weight excluding hydrogens is 290 g/mol. The summed E-state index contributed by atoms with van der Waals surface area (Å²) in [6.45, 7) is 2.90. The van der Waals surface area contributed by atoms with Gasteiger partial charge in [0.2, 0.25) is 11.8 Å². The highest BCUT2D eigenvalue weighted by atomic mass is 35.5. The summed E-state index contributed by atoms with van der Waals surface area (Å²) in [5.41, 5.74) is 2.03. The van der Waals surface area contributed by atoms with Crippen LogP contribution in [0.5, 0.6) is 5.88 Å². The number of halogens is 1. The van der Waals surface area contributed by atoms with Crippen LogP contribution in [-0.4, -0.2) is 33.4 Å². The van der Waals surface area contributed by atoms with Gasteiger partial charge < -0.3 is 9.64 Å². The summed E-state index contributed by atoms with van der Waals surface area (Å²) in [6.07, 6.45) is 3.82. The number of ether oxygens (including phenoxy) is 1. The second-order valence-electron chi connectivity index (χ2n) is 5.16. The van der Waals surface area contributed by atoms with Gasteiger partial charge in [0.05, 0.1) is 18.8 Å². The zero-order valence-electron chi connectivity index (χ0n) is 12.4. The molecule has 1 aliphatic heterocycles. The van der Waals surface area contributed by atoms with Crippen LogP contribution < -0.4 is 9.64 Å². The molecule has 3 heterocycles. The maximum absolute atomic E-state index is 6.41. The van der Waals surface area contributed by atoms with Crippen molar-refractivity contribution in [2.75, 3.05) is 18.6 Å². The zero-order chi connectivity index (χ0) is 15.0. The number of anilines is 1. The highest BCUT2D eigenvalue weighted by Crippen LogP contribution is 2.39. The monoisotopic (exact) mass is 307 g/mol. The number of rotatable bonds is 3. The van der Waals surface area contributed by atoms with Gasteiger partial charge in [-0.15, -0.1) is 0 Å². The SMILES string of the molecule is COc1ccnc(N2CCC[C@H]2c2c(C)nn(C)c2Cl)n1. The molecule has 1 fully saturated rings. The summed E-state index contributed by atoms with van der Waals surface area (Å²) in [6, 6.07) is 1.91. The zero-order valence-corrected chi connectivity index (χ0v) is 13.1. The molecule has 112 valence electrons. The number of aromatic nitrogens is 4. The van der Waals surface area contributed by atoms with Crippen LogP contribution >= 0.6 is 11.6 Å². The molecule has 0 unspecified atom stereocenters. The highest BCUT2D eigenvalue weighted by Gasteiger charge is 2.32. The number of hydrogen-bond acceptors (Lipinski definition) is 5. The van der Waals surface area contributed by atoms with Gasteiger partial charge in [-0.1, -0.05) is 11.6 Å². The van der Waals surface area contributed by atoms with Gasteiger partial charge in [0.1, 0.15) is 5.15 Å². The second kappa shape index (κ2) is 5.52. The summed E-state index contributed by atoms with van der Waals surface area (Å²) in [4.78, 5) is 11.0. The third-order valence-electron chi connectivity index (χ3n) is 3.87. The molecule has 3 rings (SSSR count). The highest BCUT2D eigenvalue weighted by molar-refractivity contribution is 6.30. The fourth-order valence-electron chi connectivity index (χ4n) is 2.92. The molecule has 0 radical (unpaired) electrons. The van der Waals surface area contributed by atoms with Gasteiger partial charge >= 0.3 is 0 Å². The van der Waals surface area contributed by atoms with Crippen molar-refractivity contribution >= 4 is 17.5 Å². The van der Waals surface area contributed by atoms with Crippen molar-refractivity contribution < 1.29 is 4.74 Å². The van der Waals surface area contributed by atoms with E-state index in [9.17, 15) is 0 Å². The number of hydrogen-bond donors (Lipinski definition) is 0. The Morgan fingerprint density at radius 2 is 2.24 bits per heavy atom. The minimum Gasteiger partial charge on any atom is -0.481 e. The molecule has 2 aromatic rings. The van der Waals surface area contributed by atoms with E-state index in [2.05, 4.69) is 20.0 Å². The molecule has 0 spiro atoms. The van der Waals surface area contributed by atoms with Crippen LogP contribution in [0.4, 0.5) is 5.95 Å². The Hall–Kier alpha value is -1.82. The van der Waals surface area contributed by atoms with E-state index in [-0.39, 0.29) is 6.04 Å². The Morgan fingerprint density at radius 3 is 2.90 bits per heavy atom. The van der Waals surface area contributed by atoms with Crippen molar-refractivity contribution in [3.05, 3.63) is 28.7 Å². The first-order valence-electron chi connectivity index (χ1n) is 6.94. The molecule has 1 aliphatic rings. The molecule has 0 N–H and O–H groups in total. The lowest BCUT2D eigenvalue weighted by Gasteiger charge is -2.24. The molecular formula is C14H18ClN5O. The molecule has 0 amide bonds. The third kappa shape index (κ3) is 2.44. The maximum Gasteiger partial charge on any atom is 0.229 e. The quantitative estimate of drug-likeness (QED) is 0.872. The average Bonchev–Trinajstić information content (AvgIpc) is 3.04. The van der Waals surface area contributed by atoms with Gasteiger partial charge in [-0.05, 0) is 19.8 Å². The van der Waals surface area contributed by atoms with Gasteiger partial charge in [0.15, 0.2) is 0 Å². The lowest BCUT2D eigenvalue weighted by Crippen LogP contribution is -2.25. The number of aryl methyl sites for hydroxylation is 2. The van der Waals surface area contributed by atoms with Crippen molar-refractivity contribution in [3.8, 4) is 5.88 Å². The molecule has 2 aromatic heterocycles. The van der Waals surface area contributed by atoms with E-state index in [0.717, 1.165) is 30.6 Å². The van der Waals surface area contributed by atoms with E-state index in [1.165, 1.54) is 0 Å². The standard InChI is InChI=1S/C14H18ClN5O/c1-9-12(13(15)19(2)18-9)10-5-4-8-20(10)14-16-7-6-11(17-14)21-3/h6-7,10H,4-5,8H2,1-3H3/t10-/m0/s1. The average molecular weight is 308 g/mol. The first kappa shape index (κ1) is 14.1. The van der Waals surface area contributed by atoms with E-state index >= 15 is 0 Å². The van der Waals surface area contributed by atoms with E-state index in [1.807, 2.05) is 14.0 Å². The fourth-order valence-corrected chi connectivity index (χ4v) is 3.22. The summed E-state index contributed by atoms with van der Waals surface area (Å²) >= 11 is 6.41. The predicted octanol–water partition coefficient (Wildman–Crippen LogP) is 2.52. The molecule has 0 aliphatic carbocycles. The summed E-state index contributed by atoms with van der Waals surface area (Å²) in [5, 5.41) is 5.10. The van der Waals surface area contributed by atoms with Gasteiger partial charge in [-0.2, -0.15) is 10.1 Å². The second-order valence-corrected chi connectivity index (χ2v) is 5.52. The van der Waals surface area contributed by atoms with E-state index in [1.54, 1.807) is 24.1 Å². The van der Waals surface area contributed by atoms with Crippen molar-refractivity contribution in [2.45, 2.75) is 25.8 Å². The van der Waals surface area contributed by atoms with Gasteiger partial charge in [-0.3, -0.25) is 4.68 Å². The van der Waals surface area contributed by atoms with Gasteiger partial charge in [0.25, 0.3) is 0 Å². The molecule has 1 atom stereocenters. The number of nitrogens with zero attached hydrogens (tertiary/aromatic N) is 5. The van der Waals surface area contributed by atoms with Crippen molar-refractivity contribution in [1.82, 2.24) is 19.7 Å². The topological polar surface area (TPSA) is 56.1 Å². The van der Waals surface area contributed by atoms with Crippen LogP contribution in [0, 0.1) is 6.92 Å². The lowest BCUT2D eigenvalue weighted by atomic mass is 10.1. The van der Waals surface area contributed by atoms with E-state index in [0.29, 0.717) is 17.0 Å². The van der Waals surface area contributed by atoms with Crippen LogP contribution in [0.15, 0.2) is 12.3 Å². The van der Waals surface area contributed by atoms with Crippen molar-refractivity contribution in [3.63, 3.8) is 0 Å². The Bertz CT molecular complexity index is 657. The molecule has 1 saturated heterocycles. The molecule has 21 heavy (non-hydrogen) atoms. The fraction of sp³-hybridized carbons (Fsp3) is 0.500. The molecule has 7 heteroatoms. The maximum atomic E-state index is 6.41. The van der Waals surface area contributed by atoms with E-state index < -0.39 is 0 Å². The Balaban J connectivity index is 1.99. The minimum absolute atomic E-state index is 0.165. The van der Waals surface area contributed by atoms with E-state index in [4.69, 9.17) is 16.3 Å². The molecule has 0 aromatic carbocycles. The van der Waals surface area contributed by atoms with Gasteiger partial charge in [-0.25, -0.2) is 4.98 Å². The van der Waals surface area contributed by atoms with Gasteiger partial charge in [0, 0.05) is 31.4 Å². The molecule has 0 saturated carbocycles. The molecule has 0 bridgehead atoms. The Kier molecular flexibility index (Phi) is 3.71.